The van der Waals surface area contributed by atoms with E-state index in [1.807, 2.05) is 0 Å². The van der Waals surface area contributed by atoms with Gasteiger partial charge in [0, 0.05) is 24.9 Å². The van der Waals surface area contributed by atoms with Crippen molar-refractivity contribution < 1.29 is 19.0 Å². The molecule has 1 aromatic carbocycles. The van der Waals surface area contributed by atoms with Crippen LogP contribution < -0.4 is 0 Å². The number of aromatic nitrogens is 2. The molecule has 0 fully saturated rings. The zero-order chi connectivity index (χ0) is 15.2. The van der Waals surface area contributed by atoms with Crippen LogP contribution in [0.4, 0.5) is 4.39 Å². The fourth-order valence-corrected chi connectivity index (χ4v) is 1.65. The summed E-state index contributed by atoms with van der Waals surface area (Å²) in [5.74, 6) is -1.51. The van der Waals surface area contributed by atoms with E-state index in [2.05, 4.69) is 14.7 Å². The maximum Gasteiger partial charge on any atom is 0.373 e. The first-order chi connectivity index (χ1) is 10.1. The lowest BCUT2D eigenvalue weighted by Gasteiger charge is -2.02. The van der Waals surface area contributed by atoms with Gasteiger partial charge in [0.2, 0.25) is 5.76 Å². The summed E-state index contributed by atoms with van der Waals surface area (Å²) in [5.41, 5.74) is 1.76. The van der Waals surface area contributed by atoms with E-state index < -0.39 is 11.7 Å². The molecule has 108 valence electrons. The first-order valence-corrected chi connectivity index (χ1v) is 6.13. The predicted molar refractivity (Wildman–Crippen MR) is 73.9 cm³/mol. The molecule has 6 heteroatoms. The normalized spacial score (nSPS) is 11.2. The van der Waals surface area contributed by atoms with Crippen LogP contribution in [0, 0.1) is 5.82 Å². The average Bonchev–Trinajstić information content (AvgIpc) is 2.50. The van der Waals surface area contributed by atoms with Gasteiger partial charge in [0.25, 0.3) is 0 Å². The number of esters is 1. The van der Waals surface area contributed by atoms with Crippen LogP contribution in [-0.2, 0) is 16.0 Å². The Labute approximate surface area is 120 Å². The van der Waals surface area contributed by atoms with Crippen LogP contribution in [-0.4, -0.2) is 28.2 Å². The molecule has 0 saturated heterocycles. The largest absolute Gasteiger partial charge is 0.502 e. The number of benzene rings is 1. The molecule has 0 aliphatic rings. The summed E-state index contributed by atoms with van der Waals surface area (Å²) < 4.78 is 17.2. The molecule has 0 unspecified atom stereocenters. The number of hydrogen-bond acceptors (Lipinski definition) is 5. The molecule has 0 aliphatic heterocycles. The SMILES string of the molecule is COC(=O)C(O)=Cc1ncc(Cc2ccc(F)cc2)cn1. The highest BCUT2D eigenvalue weighted by Crippen LogP contribution is 2.09. The predicted octanol–water partition coefficient (Wildman–Crippen LogP) is 2.28. The highest BCUT2D eigenvalue weighted by molar-refractivity contribution is 5.90. The number of nitrogens with zero attached hydrogens (tertiary/aromatic N) is 2. The van der Waals surface area contributed by atoms with E-state index in [0.717, 1.165) is 17.2 Å². The van der Waals surface area contributed by atoms with Gasteiger partial charge in [-0.25, -0.2) is 19.2 Å². The Bertz CT molecular complexity index is 652. The van der Waals surface area contributed by atoms with Crippen LogP contribution in [0.5, 0.6) is 0 Å². The smallest absolute Gasteiger partial charge is 0.373 e. The van der Waals surface area contributed by atoms with Crippen LogP contribution in [0.15, 0.2) is 42.4 Å². The molecule has 0 saturated carbocycles. The molecule has 0 spiro atoms. The third kappa shape index (κ3) is 4.10. The second-order valence-corrected chi connectivity index (χ2v) is 4.27. The summed E-state index contributed by atoms with van der Waals surface area (Å²) in [5, 5.41) is 9.37. The summed E-state index contributed by atoms with van der Waals surface area (Å²) >= 11 is 0. The van der Waals surface area contributed by atoms with E-state index >= 15 is 0 Å². The first-order valence-electron chi connectivity index (χ1n) is 6.13. The van der Waals surface area contributed by atoms with Crippen molar-refractivity contribution in [2.75, 3.05) is 7.11 Å². The lowest BCUT2D eigenvalue weighted by molar-refractivity contribution is -0.138. The van der Waals surface area contributed by atoms with Gasteiger partial charge in [0.1, 0.15) is 5.82 Å². The van der Waals surface area contributed by atoms with E-state index in [-0.39, 0.29) is 11.6 Å². The molecule has 2 aromatic rings. The number of ether oxygens (including phenoxy) is 1. The van der Waals surface area contributed by atoms with Crippen molar-refractivity contribution in [3.05, 3.63) is 65.2 Å². The van der Waals surface area contributed by atoms with Crippen molar-refractivity contribution >= 4 is 12.0 Å². The van der Waals surface area contributed by atoms with E-state index in [1.54, 1.807) is 24.5 Å². The third-order valence-electron chi connectivity index (χ3n) is 2.71. The number of rotatable bonds is 4. The zero-order valence-corrected chi connectivity index (χ0v) is 11.3. The second kappa shape index (κ2) is 6.60. The maximum atomic E-state index is 12.8. The van der Waals surface area contributed by atoms with Crippen LogP contribution >= 0.6 is 0 Å². The molecule has 1 heterocycles. The summed E-state index contributed by atoms with van der Waals surface area (Å²) in [7, 11) is 1.17. The van der Waals surface area contributed by atoms with E-state index in [1.165, 1.54) is 19.2 Å². The number of hydrogen-bond donors (Lipinski definition) is 1. The minimum absolute atomic E-state index is 0.195. The van der Waals surface area contributed by atoms with E-state index in [4.69, 9.17) is 0 Å². The summed E-state index contributed by atoms with van der Waals surface area (Å²) in [6.07, 6.45) is 4.83. The number of carbonyl (C=O) groups is 1. The van der Waals surface area contributed by atoms with Crippen molar-refractivity contribution in [1.82, 2.24) is 9.97 Å². The highest BCUT2D eigenvalue weighted by atomic mass is 19.1. The molecule has 1 N–H and O–H groups in total. The summed E-state index contributed by atoms with van der Waals surface area (Å²) in [6.45, 7) is 0. The Hall–Kier alpha value is -2.76. The van der Waals surface area contributed by atoms with Gasteiger partial charge >= 0.3 is 5.97 Å². The van der Waals surface area contributed by atoms with Gasteiger partial charge in [-0.15, -0.1) is 0 Å². The summed E-state index contributed by atoms with van der Waals surface area (Å²) in [6, 6.07) is 6.15. The van der Waals surface area contributed by atoms with Crippen molar-refractivity contribution in [2.45, 2.75) is 6.42 Å². The first kappa shape index (κ1) is 14.6. The molecular weight excluding hydrogens is 275 g/mol. The van der Waals surface area contributed by atoms with Gasteiger partial charge in [-0.1, -0.05) is 12.1 Å². The van der Waals surface area contributed by atoms with Gasteiger partial charge in [0.15, 0.2) is 5.82 Å². The Morgan fingerprint density at radius 3 is 2.43 bits per heavy atom. The third-order valence-corrected chi connectivity index (χ3v) is 2.71. The Balaban J connectivity index is 2.08. The van der Waals surface area contributed by atoms with Gasteiger partial charge in [-0.2, -0.15) is 0 Å². The molecule has 5 nitrogen and oxygen atoms in total. The van der Waals surface area contributed by atoms with Gasteiger partial charge in [0.05, 0.1) is 7.11 Å². The van der Waals surface area contributed by atoms with Crippen LogP contribution in [0.2, 0.25) is 0 Å². The molecule has 2 rings (SSSR count). The standard InChI is InChI=1S/C15H13FN2O3/c1-21-15(20)13(19)7-14-17-8-11(9-18-14)6-10-2-4-12(16)5-3-10/h2-5,7-9,19H,6H2,1H3. The van der Waals surface area contributed by atoms with Gasteiger partial charge < -0.3 is 9.84 Å². The summed E-state index contributed by atoms with van der Waals surface area (Å²) in [4.78, 5) is 19.1. The molecule has 0 radical (unpaired) electrons. The molecular formula is C15H13FN2O3. The van der Waals surface area contributed by atoms with Crippen LogP contribution in [0.1, 0.15) is 17.0 Å². The number of carbonyl (C=O) groups excluding carboxylic acids is 1. The number of aliphatic hydroxyl groups excluding tert-OH is 1. The van der Waals surface area contributed by atoms with Crippen LogP contribution in [0.3, 0.4) is 0 Å². The monoisotopic (exact) mass is 288 g/mol. The molecule has 0 aliphatic carbocycles. The van der Waals surface area contributed by atoms with Crippen molar-refractivity contribution in [3.63, 3.8) is 0 Å². The molecule has 21 heavy (non-hydrogen) atoms. The van der Waals surface area contributed by atoms with E-state index in [9.17, 15) is 14.3 Å². The van der Waals surface area contributed by atoms with E-state index in [0.29, 0.717) is 6.42 Å². The number of methoxy groups -OCH3 is 1. The maximum absolute atomic E-state index is 12.8. The zero-order valence-electron chi connectivity index (χ0n) is 11.3. The molecule has 0 bridgehead atoms. The van der Waals surface area contributed by atoms with Crippen molar-refractivity contribution in [2.24, 2.45) is 0 Å². The highest BCUT2D eigenvalue weighted by Gasteiger charge is 2.07. The van der Waals surface area contributed by atoms with Gasteiger partial charge in [-0.3, -0.25) is 0 Å². The molecule has 0 atom stereocenters. The fourth-order valence-electron chi connectivity index (χ4n) is 1.65. The minimum atomic E-state index is -0.853. The number of halogens is 1. The van der Waals surface area contributed by atoms with Crippen molar-refractivity contribution in [1.29, 1.82) is 0 Å². The average molecular weight is 288 g/mol. The van der Waals surface area contributed by atoms with Gasteiger partial charge in [-0.05, 0) is 23.3 Å². The Morgan fingerprint density at radius 2 is 1.86 bits per heavy atom. The van der Waals surface area contributed by atoms with Crippen LogP contribution in [0.25, 0.3) is 6.08 Å². The molecule has 0 amide bonds. The molecule has 1 aromatic heterocycles. The quantitative estimate of drug-likeness (QED) is 0.531. The second-order valence-electron chi connectivity index (χ2n) is 4.27. The topological polar surface area (TPSA) is 72.3 Å². The number of aliphatic hydroxyl groups is 1. The lowest BCUT2D eigenvalue weighted by Crippen LogP contribution is -2.04. The lowest BCUT2D eigenvalue weighted by atomic mass is 10.1. The fraction of sp³-hybridized carbons (Fsp3) is 0.133. The van der Waals surface area contributed by atoms with Crippen molar-refractivity contribution in [3.8, 4) is 0 Å². The Morgan fingerprint density at radius 1 is 1.24 bits per heavy atom. The minimum Gasteiger partial charge on any atom is -0.502 e. The Kier molecular flexibility index (Phi) is 4.61.